The van der Waals surface area contributed by atoms with Gasteiger partial charge in [-0.15, -0.1) is 0 Å². The number of rotatable bonds is 5. The van der Waals surface area contributed by atoms with Gasteiger partial charge in [0.1, 0.15) is 23.0 Å². The van der Waals surface area contributed by atoms with Gasteiger partial charge in [-0.2, -0.15) is 0 Å². The molecule has 2 heterocycles. The molecular formula is C22H16FN3O2. The van der Waals surface area contributed by atoms with Gasteiger partial charge < -0.3 is 15.5 Å². The first-order valence-corrected chi connectivity index (χ1v) is 8.57. The summed E-state index contributed by atoms with van der Waals surface area (Å²) in [6.45, 7) is 0. The smallest absolute Gasteiger partial charge is 0.241 e. The highest BCUT2D eigenvalue weighted by Gasteiger charge is 2.06. The van der Waals surface area contributed by atoms with Crippen LogP contribution in [0.2, 0.25) is 0 Å². The van der Waals surface area contributed by atoms with Crippen molar-refractivity contribution in [2.24, 2.45) is 5.73 Å². The summed E-state index contributed by atoms with van der Waals surface area (Å²) >= 11 is 0. The van der Waals surface area contributed by atoms with Crippen LogP contribution in [0.4, 0.5) is 4.39 Å². The van der Waals surface area contributed by atoms with Crippen molar-refractivity contribution in [3.05, 3.63) is 84.4 Å². The zero-order chi connectivity index (χ0) is 19.5. The van der Waals surface area contributed by atoms with E-state index in [0.29, 0.717) is 11.5 Å². The van der Waals surface area contributed by atoms with Crippen molar-refractivity contribution in [3.63, 3.8) is 0 Å². The lowest BCUT2D eigenvalue weighted by Crippen LogP contribution is -2.04. The van der Waals surface area contributed by atoms with Gasteiger partial charge in [-0.05, 0) is 54.1 Å². The summed E-state index contributed by atoms with van der Waals surface area (Å²) in [6.07, 6.45) is 6.53. The van der Waals surface area contributed by atoms with E-state index in [9.17, 15) is 9.18 Å². The average Bonchev–Trinajstić information content (AvgIpc) is 3.11. The maximum Gasteiger partial charge on any atom is 0.241 e. The zero-order valence-electron chi connectivity index (χ0n) is 14.7. The zero-order valence-corrected chi connectivity index (χ0v) is 14.7. The van der Waals surface area contributed by atoms with Gasteiger partial charge in [0.05, 0.1) is 0 Å². The highest BCUT2D eigenvalue weighted by molar-refractivity contribution is 5.95. The fourth-order valence-electron chi connectivity index (χ4n) is 2.85. The molecule has 0 aliphatic heterocycles. The van der Waals surface area contributed by atoms with Crippen molar-refractivity contribution >= 4 is 23.0 Å². The van der Waals surface area contributed by atoms with Crippen LogP contribution in [0.1, 0.15) is 5.56 Å². The Labute approximate surface area is 160 Å². The molecule has 0 bridgehead atoms. The summed E-state index contributed by atoms with van der Waals surface area (Å²) in [7, 11) is 0. The molecule has 0 unspecified atom stereocenters. The minimum atomic E-state index is -0.504. The molecule has 2 aromatic carbocycles. The number of primary amides is 1. The third-order valence-electron chi connectivity index (χ3n) is 4.23. The Balaban J connectivity index is 1.59. The lowest BCUT2D eigenvalue weighted by molar-refractivity contribution is -0.113. The number of benzene rings is 2. The number of carbonyl (C=O) groups excluding carboxylic acids is 1. The van der Waals surface area contributed by atoms with E-state index in [1.165, 1.54) is 18.2 Å². The fraction of sp³-hybridized carbons (Fsp3) is 0. The number of halogens is 1. The fourth-order valence-corrected chi connectivity index (χ4v) is 2.85. The van der Waals surface area contributed by atoms with E-state index in [0.717, 1.165) is 27.7 Å². The van der Waals surface area contributed by atoms with E-state index in [2.05, 4.69) is 9.97 Å². The van der Waals surface area contributed by atoms with Crippen LogP contribution in [-0.4, -0.2) is 15.9 Å². The Kier molecular flexibility index (Phi) is 4.60. The molecule has 0 fully saturated rings. The Morgan fingerprint density at radius 3 is 2.39 bits per heavy atom. The first-order chi connectivity index (χ1) is 13.6. The topological polar surface area (TPSA) is 81.0 Å². The quantitative estimate of drug-likeness (QED) is 0.499. The molecule has 6 heteroatoms. The summed E-state index contributed by atoms with van der Waals surface area (Å²) in [5, 5.41) is 0.890. The first kappa shape index (κ1) is 17.5. The number of nitrogens with zero attached hydrogens (tertiary/aromatic N) is 1. The summed E-state index contributed by atoms with van der Waals surface area (Å²) < 4.78 is 18.7. The second-order valence-electron chi connectivity index (χ2n) is 6.18. The number of nitrogens with two attached hydrogens (primary N) is 1. The first-order valence-electron chi connectivity index (χ1n) is 8.57. The number of aromatic amines is 1. The molecule has 28 heavy (non-hydrogen) atoms. The van der Waals surface area contributed by atoms with Gasteiger partial charge in [-0.3, -0.25) is 4.79 Å². The summed E-state index contributed by atoms with van der Waals surface area (Å²) in [5.74, 6) is 0.405. The third kappa shape index (κ3) is 3.76. The lowest BCUT2D eigenvalue weighted by Gasteiger charge is -2.07. The van der Waals surface area contributed by atoms with Gasteiger partial charge in [0, 0.05) is 35.0 Å². The highest BCUT2D eigenvalue weighted by atomic mass is 19.1. The minimum Gasteiger partial charge on any atom is -0.457 e. The standard InChI is InChI=1S/C22H16FN3O2/c23-17-4-8-19(9-5-17)28-18-6-1-14(2-7-18)16-11-20-15(3-10-21(24)27)12-25-22(20)26-13-16/h1-13H,(H2,24,27)(H,25,26). The van der Waals surface area contributed by atoms with Gasteiger partial charge in [0.15, 0.2) is 0 Å². The molecule has 1 amide bonds. The lowest BCUT2D eigenvalue weighted by atomic mass is 10.1. The number of aromatic nitrogens is 2. The number of hydrogen-bond donors (Lipinski definition) is 2. The number of ether oxygens (including phenoxy) is 1. The molecule has 4 rings (SSSR count). The summed E-state index contributed by atoms with van der Waals surface area (Å²) in [6, 6.07) is 15.4. The predicted molar refractivity (Wildman–Crippen MR) is 106 cm³/mol. The van der Waals surface area contributed by atoms with Gasteiger partial charge in [-0.1, -0.05) is 12.1 Å². The van der Waals surface area contributed by atoms with Crippen LogP contribution in [0.5, 0.6) is 11.5 Å². The molecule has 3 N–H and O–H groups in total. The van der Waals surface area contributed by atoms with Crippen LogP contribution in [0.3, 0.4) is 0 Å². The molecule has 0 spiro atoms. The van der Waals surface area contributed by atoms with Crippen LogP contribution >= 0.6 is 0 Å². The van der Waals surface area contributed by atoms with Gasteiger partial charge in [-0.25, -0.2) is 9.37 Å². The van der Waals surface area contributed by atoms with Crippen molar-refractivity contribution in [1.29, 1.82) is 0 Å². The van der Waals surface area contributed by atoms with Crippen molar-refractivity contribution in [2.45, 2.75) is 0 Å². The summed E-state index contributed by atoms with van der Waals surface area (Å²) in [4.78, 5) is 18.5. The maximum absolute atomic E-state index is 13.0. The normalized spacial score (nSPS) is 11.2. The Morgan fingerprint density at radius 2 is 1.71 bits per heavy atom. The molecule has 4 aromatic rings. The number of H-pyrrole nitrogens is 1. The van der Waals surface area contributed by atoms with Crippen molar-refractivity contribution in [3.8, 4) is 22.6 Å². The van der Waals surface area contributed by atoms with E-state index < -0.39 is 5.91 Å². The van der Waals surface area contributed by atoms with Crippen LogP contribution in [0.25, 0.3) is 28.2 Å². The molecule has 0 aliphatic carbocycles. The molecular weight excluding hydrogens is 357 g/mol. The van der Waals surface area contributed by atoms with E-state index >= 15 is 0 Å². The monoisotopic (exact) mass is 373 g/mol. The van der Waals surface area contributed by atoms with E-state index in [1.54, 1.807) is 30.6 Å². The Morgan fingerprint density at radius 1 is 1.04 bits per heavy atom. The second-order valence-corrected chi connectivity index (χ2v) is 6.18. The molecule has 0 atom stereocenters. The maximum atomic E-state index is 13.0. The largest absolute Gasteiger partial charge is 0.457 e. The molecule has 0 radical (unpaired) electrons. The van der Waals surface area contributed by atoms with Crippen LogP contribution in [0, 0.1) is 5.82 Å². The molecule has 0 saturated carbocycles. The average molecular weight is 373 g/mol. The number of hydrogen-bond acceptors (Lipinski definition) is 3. The molecule has 2 aromatic heterocycles. The van der Waals surface area contributed by atoms with Crippen molar-refractivity contribution in [1.82, 2.24) is 9.97 Å². The Hall–Kier alpha value is -3.93. The second kappa shape index (κ2) is 7.36. The number of nitrogens with one attached hydrogen (secondary N) is 1. The van der Waals surface area contributed by atoms with E-state index in [-0.39, 0.29) is 5.82 Å². The number of carbonyl (C=O) groups is 1. The number of fused-ring (bicyclic) bond motifs is 1. The SMILES string of the molecule is NC(=O)C=Cc1c[nH]c2ncc(-c3ccc(Oc4ccc(F)cc4)cc3)cc12. The van der Waals surface area contributed by atoms with E-state index in [4.69, 9.17) is 10.5 Å². The van der Waals surface area contributed by atoms with Crippen LogP contribution in [0.15, 0.2) is 73.1 Å². The predicted octanol–water partition coefficient (Wildman–Crippen LogP) is 4.66. The molecule has 0 aliphatic rings. The van der Waals surface area contributed by atoms with Crippen LogP contribution in [-0.2, 0) is 4.79 Å². The third-order valence-corrected chi connectivity index (χ3v) is 4.23. The summed E-state index contributed by atoms with van der Waals surface area (Å²) in [5.41, 5.74) is 8.62. The van der Waals surface area contributed by atoms with E-state index in [1.807, 2.05) is 30.3 Å². The van der Waals surface area contributed by atoms with Gasteiger partial charge in [0.25, 0.3) is 0 Å². The van der Waals surface area contributed by atoms with Gasteiger partial charge in [0.2, 0.25) is 5.91 Å². The molecule has 0 saturated heterocycles. The van der Waals surface area contributed by atoms with Crippen molar-refractivity contribution in [2.75, 3.05) is 0 Å². The van der Waals surface area contributed by atoms with Crippen molar-refractivity contribution < 1.29 is 13.9 Å². The minimum absolute atomic E-state index is 0.305. The van der Waals surface area contributed by atoms with Gasteiger partial charge >= 0.3 is 0 Å². The molecule has 138 valence electrons. The highest BCUT2D eigenvalue weighted by Crippen LogP contribution is 2.28. The molecule has 5 nitrogen and oxygen atoms in total. The number of pyridine rings is 1. The van der Waals surface area contributed by atoms with Crippen LogP contribution < -0.4 is 10.5 Å². The Bertz CT molecular complexity index is 1160. The number of amides is 1.